The second-order valence-electron chi connectivity index (χ2n) is 3.68. The number of thiophene rings is 1. The molecule has 0 aliphatic heterocycles. The van der Waals surface area contributed by atoms with Crippen LogP contribution >= 0.6 is 11.3 Å². The Morgan fingerprint density at radius 3 is 2.47 bits per heavy atom. The van der Waals surface area contributed by atoms with Gasteiger partial charge < -0.3 is 4.74 Å². The molecule has 0 aliphatic carbocycles. The Bertz CT molecular complexity index is 511. The second-order valence-corrected chi connectivity index (χ2v) is 4.80. The lowest BCUT2D eigenvalue weighted by Crippen LogP contribution is -2.01. The minimum atomic E-state index is 0.0757. The fourth-order valence-corrected chi connectivity index (χ4v) is 2.34. The number of hydrogen-bond acceptors (Lipinski definition) is 3. The molecule has 0 spiro atoms. The third-order valence-electron chi connectivity index (χ3n) is 2.53. The molecule has 3 heteroatoms. The van der Waals surface area contributed by atoms with Crippen LogP contribution in [0.5, 0.6) is 5.75 Å². The number of hydrogen-bond donors (Lipinski definition) is 0. The van der Waals surface area contributed by atoms with Gasteiger partial charge in [0, 0.05) is 16.0 Å². The summed E-state index contributed by atoms with van der Waals surface area (Å²) >= 11 is 1.59. The summed E-state index contributed by atoms with van der Waals surface area (Å²) in [4.78, 5) is 13.2. The standard InChI is InChI=1S/C14H14O2S/c1-3-16-12-6-4-11(5-7-12)14(15)13-8-9-17-10(13)2/h4-9H,3H2,1-2H3. The van der Waals surface area contributed by atoms with Gasteiger partial charge in [0.1, 0.15) is 5.75 Å². The Kier molecular flexibility index (Phi) is 3.59. The van der Waals surface area contributed by atoms with Gasteiger partial charge in [-0.1, -0.05) is 0 Å². The smallest absolute Gasteiger partial charge is 0.194 e. The summed E-state index contributed by atoms with van der Waals surface area (Å²) in [5.74, 6) is 0.873. The number of ketones is 1. The van der Waals surface area contributed by atoms with Crippen LogP contribution in [0.1, 0.15) is 27.7 Å². The van der Waals surface area contributed by atoms with Crippen LogP contribution in [0.25, 0.3) is 0 Å². The Morgan fingerprint density at radius 1 is 1.24 bits per heavy atom. The molecular formula is C14H14O2S. The van der Waals surface area contributed by atoms with E-state index in [0.29, 0.717) is 12.2 Å². The zero-order chi connectivity index (χ0) is 12.3. The molecule has 2 aromatic rings. The fourth-order valence-electron chi connectivity index (χ4n) is 1.65. The number of benzene rings is 1. The largest absolute Gasteiger partial charge is 0.494 e. The molecule has 1 heterocycles. The number of carbonyl (C=O) groups excluding carboxylic acids is 1. The topological polar surface area (TPSA) is 26.3 Å². The summed E-state index contributed by atoms with van der Waals surface area (Å²) in [6.45, 7) is 4.54. The van der Waals surface area contributed by atoms with Crippen molar-refractivity contribution in [3.05, 3.63) is 51.7 Å². The van der Waals surface area contributed by atoms with Crippen molar-refractivity contribution in [1.82, 2.24) is 0 Å². The summed E-state index contributed by atoms with van der Waals surface area (Å²) in [5, 5.41) is 1.94. The van der Waals surface area contributed by atoms with Crippen molar-refractivity contribution in [1.29, 1.82) is 0 Å². The molecule has 0 saturated carbocycles. The quantitative estimate of drug-likeness (QED) is 0.769. The SMILES string of the molecule is CCOc1ccc(C(=O)c2ccsc2C)cc1. The van der Waals surface area contributed by atoms with Crippen LogP contribution in [0.2, 0.25) is 0 Å². The molecule has 0 radical (unpaired) electrons. The molecule has 0 fully saturated rings. The molecule has 0 N–H and O–H groups in total. The summed E-state index contributed by atoms with van der Waals surface area (Å²) in [7, 11) is 0. The number of rotatable bonds is 4. The second kappa shape index (κ2) is 5.15. The Morgan fingerprint density at radius 2 is 1.94 bits per heavy atom. The molecule has 0 bridgehead atoms. The molecule has 0 atom stereocenters. The van der Waals surface area contributed by atoms with Gasteiger partial charge in [0.25, 0.3) is 0 Å². The van der Waals surface area contributed by atoms with Crippen LogP contribution in [0.4, 0.5) is 0 Å². The molecule has 0 amide bonds. The first-order valence-corrected chi connectivity index (χ1v) is 6.42. The van der Waals surface area contributed by atoms with Crippen molar-refractivity contribution < 1.29 is 9.53 Å². The molecule has 1 aromatic heterocycles. The lowest BCUT2D eigenvalue weighted by molar-refractivity contribution is 0.103. The number of ether oxygens (including phenoxy) is 1. The number of carbonyl (C=O) groups is 1. The monoisotopic (exact) mass is 246 g/mol. The van der Waals surface area contributed by atoms with E-state index >= 15 is 0 Å². The highest BCUT2D eigenvalue weighted by Gasteiger charge is 2.12. The minimum absolute atomic E-state index is 0.0757. The minimum Gasteiger partial charge on any atom is -0.494 e. The zero-order valence-electron chi connectivity index (χ0n) is 9.90. The van der Waals surface area contributed by atoms with Crippen LogP contribution < -0.4 is 4.74 Å². The molecule has 0 aliphatic rings. The first-order valence-electron chi connectivity index (χ1n) is 5.54. The lowest BCUT2D eigenvalue weighted by atomic mass is 10.0. The van der Waals surface area contributed by atoms with E-state index in [2.05, 4.69) is 0 Å². The molecule has 2 rings (SSSR count). The summed E-state index contributed by atoms with van der Waals surface area (Å²) in [6.07, 6.45) is 0. The van der Waals surface area contributed by atoms with Crippen LogP contribution in [-0.4, -0.2) is 12.4 Å². The van der Waals surface area contributed by atoms with E-state index in [4.69, 9.17) is 4.74 Å². The predicted molar refractivity (Wildman–Crippen MR) is 70.1 cm³/mol. The van der Waals surface area contributed by atoms with E-state index in [-0.39, 0.29) is 5.78 Å². The average Bonchev–Trinajstić information content (AvgIpc) is 2.76. The van der Waals surface area contributed by atoms with Crippen molar-refractivity contribution >= 4 is 17.1 Å². The Labute approximate surface area is 105 Å². The Hall–Kier alpha value is -1.61. The van der Waals surface area contributed by atoms with Crippen molar-refractivity contribution in [2.24, 2.45) is 0 Å². The van der Waals surface area contributed by atoms with E-state index in [1.54, 1.807) is 11.3 Å². The third kappa shape index (κ3) is 2.56. The molecule has 0 saturated heterocycles. The van der Waals surface area contributed by atoms with Gasteiger partial charge >= 0.3 is 0 Å². The van der Waals surface area contributed by atoms with Crippen molar-refractivity contribution in [2.75, 3.05) is 6.61 Å². The molecule has 2 nitrogen and oxygen atoms in total. The van der Waals surface area contributed by atoms with E-state index in [1.807, 2.05) is 49.6 Å². The van der Waals surface area contributed by atoms with Crippen LogP contribution in [0.15, 0.2) is 35.7 Å². The summed E-state index contributed by atoms with van der Waals surface area (Å²) in [5.41, 5.74) is 1.49. The average molecular weight is 246 g/mol. The number of aryl methyl sites for hydroxylation is 1. The van der Waals surface area contributed by atoms with Crippen molar-refractivity contribution in [2.45, 2.75) is 13.8 Å². The molecular weight excluding hydrogens is 232 g/mol. The molecule has 1 aromatic carbocycles. The maximum atomic E-state index is 12.2. The van der Waals surface area contributed by atoms with Crippen molar-refractivity contribution in [3.63, 3.8) is 0 Å². The van der Waals surface area contributed by atoms with Gasteiger partial charge in [-0.2, -0.15) is 0 Å². The third-order valence-corrected chi connectivity index (χ3v) is 3.38. The van der Waals surface area contributed by atoms with E-state index in [9.17, 15) is 4.79 Å². The van der Waals surface area contributed by atoms with Gasteiger partial charge in [0.2, 0.25) is 0 Å². The van der Waals surface area contributed by atoms with E-state index < -0.39 is 0 Å². The van der Waals surface area contributed by atoms with Crippen LogP contribution in [-0.2, 0) is 0 Å². The van der Waals surface area contributed by atoms with E-state index in [0.717, 1.165) is 16.2 Å². The zero-order valence-corrected chi connectivity index (χ0v) is 10.7. The molecule has 88 valence electrons. The highest BCUT2D eigenvalue weighted by atomic mass is 32.1. The molecule has 17 heavy (non-hydrogen) atoms. The highest BCUT2D eigenvalue weighted by molar-refractivity contribution is 7.10. The van der Waals surface area contributed by atoms with Gasteiger partial charge in [-0.3, -0.25) is 4.79 Å². The summed E-state index contributed by atoms with van der Waals surface area (Å²) < 4.78 is 5.35. The first kappa shape index (κ1) is 11.9. The predicted octanol–water partition coefficient (Wildman–Crippen LogP) is 3.69. The van der Waals surface area contributed by atoms with Crippen LogP contribution in [0, 0.1) is 6.92 Å². The van der Waals surface area contributed by atoms with E-state index in [1.165, 1.54) is 0 Å². The fraction of sp³-hybridized carbons (Fsp3) is 0.214. The van der Waals surface area contributed by atoms with Gasteiger partial charge in [0.05, 0.1) is 6.61 Å². The maximum Gasteiger partial charge on any atom is 0.194 e. The van der Waals surface area contributed by atoms with Gasteiger partial charge in [-0.25, -0.2) is 0 Å². The summed E-state index contributed by atoms with van der Waals surface area (Å²) in [6, 6.07) is 9.16. The van der Waals surface area contributed by atoms with Gasteiger partial charge in [0.15, 0.2) is 5.78 Å². The van der Waals surface area contributed by atoms with Gasteiger partial charge in [-0.15, -0.1) is 11.3 Å². The molecule has 0 unspecified atom stereocenters. The van der Waals surface area contributed by atoms with Crippen molar-refractivity contribution in [3.8, 4) is 5.75 Å². The van der Waals surface area contributed by atoms with Gasteiger partial charge in [-0.05, 0) is 49.6 Å². The lowest BCUT2D eigenvalue weighted by Gasteiger charge is -2.04. The first-order chi connectivity index (χ1) is 8.22. The normalized spacial score (nSPS) is 10.2. The van der Waals surface area contributed by atoms with Crippen LogP contribution in [0.3, 0.4) is 0 Å². The highest BCUT2D eigenvalue weighted by Crippen LogP contribution is 2.20. The Balaban J connectivity index is 2.23. The maximum absolute atomic E-state index is 12.2.